The number of carbonyl (C=O) groups is 1. The molecule has 2 aromatic rings. The molecule has 1 aromatic carbocycles. The van der Waals surface area contributed by atoms with E-state index in [1.165, 1.54) is 36.5 Å². The van der Waals surface area contributed by atoms with Crippen LogP contribution in [0.2, 0.25) is 5.02 Å². The van der Waals surface area contributed by atoms with Gasteiger partial charge in [0.25, 0.3) is 0 Å². The van der Waals surface area contributed by atoms with Crippen molar-refractivity contribution >= 4 is 23.3 Å². The summed E-state index contributed by atoms with van der Waals surface area (Å²) in [5, 5.41) is 12.0. The highest BCUT2D eigenvalue weighted by molar-refractivity contribution is 6.31. The molecule has 1 aromatic heterocycles. The number of aromatic nitrogens is 1. The van der Waals surface area contributed by atoms with Crippen molar-refractivity contribution in [3.8, 4) is 5.75 Å². The summed E-state index contributed by atoms with van der Waals surface area (Å²) in [5.41, 5.74) is 0.108. The summed E-state index contributed by atoms with van der Waals surface area (Å²) >= 11 is 5.82. The van der Waals surface area contributed by atoms with E-state index in [4.69, 9.17) is 11.6 Å². The molecule has 0 aliphatic carbocycles. The monoisotopic (exact) mass is 280 g/mol. The highest BCUT2D eigenvalue weighted by Crippen LogP contribution is 2.21. The molecule has 1 heterocycles. The van der Waals surface area contributed by atoms with Crippen molar-refractivity contribution in [2.24, 2.45) is 0 Å². The predicted molar refractivity (Wildman–Crippen MR) is 69.6 cm³/mol. The Hall–Kier alpha value is -2.14. The van der Waals surface area contributed by atoms with Gasteiger partial charge in [-0.1, -0.05) is 17.7 Å². The van der Waals surface area contributed by atoms with Gasteiger partial charge in [0.1, 0.15) is 5.82 Å². The summed E-state index contributed by atoms with van der Waals surface area (Å²) < 4.78 is 13.5. The second-order valence-corrected chi connectivity index (χ2v) is 4.20. The van der Waals surface area contributed by atoms with Crippen LogP contribution in [0.4, 0.5) is 10.2 Å². The lowest BCUT2D eigenvalue weighted by molar-refractivity contribution is -0.115. The van der Waals surface area contributed by atoms with Gasteiger partial charge in [0.15, 0.2) is 11.6 Å². The second-order valence-electron chi connectivity index (χ2n) is 3.80. The molecule has 6 heteroatoms. The highest BCUT2D eigenvalue weighted by atomic mass is 35.5. The van der Waals surface area contributed by atoms with Gasteiger partial charge in [-0.05, 0) is 24.3 Å². The molecule has 1 amide bonds. The maximum absolute atomic E-state index is 13.5. The van der Waals surface area contributed by atoms with Crippen LogP contribution in [0.15, 0.2) is 36.5 Å². The van der Waals surface area contributed by atoms with Gasteiger partial charge in [-0.25, -0.2) is 9.37 Å². The molecule has 2 rings (SSSR count). The average Bonchev–Trinajstić information content (AvgIpc) is 2.37. The Morgan fingerprint density at radius 1 is 1.37 bits per heavy atom. The molecule has 0 fully saturated rings. The number of nitrogens with zero attached hydrogens (tertiary/aromatic N) is 1. The third-order valence-corrected chi connectivity index (χ3v) is 2.80. The van der Waals surface area contributed by atoms with Crippen LogP contribution in [0.1, 0.15) is 5.56 Å². The number of hydrogen-bond acceptors (Lipinski definition) is 3. The number of carbonyl (C=O) groups excluding carboxylic acids is 1. The minimum Gasteiger partial charge on any atom is -0.504 e. The van der Waals surface area contributed by atoms with Crippen LogP contribution in [0.25, 0.3) is 0 Å². The Labute approximate surface area is 113 Å². The summed E-state index contributed by atoms with van der Waals surface area (Å²) in [7, 11) is 0. The van der Waals surface area contributed by atoms with Crippen LogP contribution in [0.3, 0.4) is 0 Å². The zero-order chi connectivity index (χ0) is 13.8. The van der Waals surface area contributed by atoms with Gasteiger partial charge in [0, 0.05) is 16.8 Å². The quantitative estimate of drug-likeness (QED) is 0.909. The Morgan fingerprint density at radius 3 is 2.84 bits per heavy atom. The number of anilines is 1. The van der Waals surface area contributed by atoms with E-state index in [0.29, 0.717) is 0 Å². The number of rotatable bonds is 3. The fraction of sp³-hybridized carbons (Fsp3) is 0.0769. The lowest BCUT2D eigenvalue weighted by atomic mass is 10.1. The van der Waals surface area contributed by atoms with E-state index in [2.05, 4.69) is 10.3 Å². The number of halogens is 2. The standard InChI is InChI=1S/C13H10ClFN2O2/c14-9-3-1-4-10(15)8(9)7-12(19)17-13-11(18)5-2-6-16-13/h1-6,18H,7H2,(H,16,17,19). The number of benzene rings is 1. The van der Waals surface area contributed by atoms with Crippen molar-refractivity contribution < 1.29 is 14.3 Å². The van der Waals surface area contributed by atoms with Gasteiger partial charge in [-0.3, -0.25) is 4.79 Å². The molecular weight excluding hydrogens is 271 g/mol. The topological polar surface area (TPSA) is 62.2 Å². The molecule has 0 bridgehead atoms. The first-order valence-corrected chi connectivity index (χ1v) is 5.82. The van der Waals surface area contributed by atoms with Crippen LogP contribution >= 0.6 is 11.6 Å². The second kappa shape index (κ2) is 5.67. The van der Waals surface area contributed by atoms with E-state index in [1.807, 2.05) is 0 Å². The molecule has 0 aliphatic rings. The third kappa shape index (κ3) is 3.20. The maximum atomic E-state index is 13.5. The van der Waals surface area contributed by atoms with Crippen LogP contribution in [-0.4, -0.2) is 16.0 Å². The Balaban J connectivity index is 2.12. The van der Waals surface area contributed by atoms with E-state index in [1.54, 1.807) is 0 Å². The van der Waals surface area contributed by atoms with Crippen molar-refractivity contribution in [2.75, 3.05) is 5.32 Å². The summed E-state index contributed by atoms with van der Waals surface area (Å²) in [6.45, 7) is 0. The van der Waals surface area contributed by atoms with Gasteiger partial charge in [-0.15, -0.1) is 0 Å². The zero-order valence-electron chi connectivity index (χ0n) is 9.73. The van der Waals surface area contributed by atoms with Crippen molar-refractivity contribution in [3.63, 3.8) is 0 Å². The first-order valence-electron chi connectivity index (χ1n) is 5.44. The Kier molecular flexibility index (Phi) is 3.97. The van der Waals surface area contributed by atoms with Crippen LogP contribution in [0, 0.1) is 5.82 Å². The van der Waals surface area contributed by atoms with Crippen molar-refractivity contribution in [1.82, 2.24) is 4.98 Å². The maximum Gasteiger partial charge on any atom is 0.230 e. The average molecular weight is 281 g/mol. The molecule has 0 radical (unpaired) electrons. The molecule has 2 N–H and O–H groups in total. The van der Waals surface area contributed by atoms with Gasteiger partial charge < -0.3 is 10.4 Å². The van der Waals surface area contributed by atoms with E-state index in [-0.39, 0.29) is 28.6 Å². The first-order chi connectivity index (χ1) is 9.08. The molecule has 4 nitrogen and oxygen atoms in total. The number of pyridine rings is 1. The van der Waals surface area contributed by atoms with Crippen LogP contribution < -0.4 is 5.32 Å². The van der Waals surface area contributed by atoms with E-state index in [0.717, 1.165) is 0 Å². The molecule has 0 atom stereocenters. The summed E-state index contributed by atoms with van der Waals surface area (Å²) in [4.78, 5) is 15.5. The third-order valence-electron chi connectivity index (χ3n) is 2.44. The summed E-state index contributed by atoms with van der Waals surface area (Å²) in [5.74, 6) is -1.19. The first kappa shape index (κ1) is 13.3. The lowest BCUT2D eigenvalue weighted by Crippen LogP contribution is -2.16. The van der Waals surface area contributed by atoms with Gasteiger partial charge in [0.2, 0.25) is 5.91 Å². The summed E-state index contributed by atoms with van der Waals surface area (Å²) in [6.07, 6.45) is 1.19. The minimum absolute atomic E-state index is 0.0277. The smallest absolute Gasteiger partial charge is 0.230 e. The molecule has 0 spiro atoms. The highest BCUT2D eigenvalue weighted by Gasteiger charge is 2.13. The van der Waals surface area contributed by atoms with Crippen LogP contribution in [0.5, 0.6) is 5.75 Å². The van der Waals surface area contributed by atoms with Gasteiger partial charge in [-0.2, -0.15) is 0 Å². The van der Waals surface area contributed by atoms with Crippen LogP contribution in [-0.2, 0) is 11.2 Å². The SMILES string of the molecule is O=C(Cc1c(F)cccc1Cl)Nc1ncccc1O. The predicted octanol–water partition coefficient (Wildman–Crippen LogP) is 2.76. The van der Waals surface area contributed by atoms with E-state index < -0.39 is 11.7 Å². The minimum atomic E-state index is -0.548. The molecule has 0 unspecified atom stereocenters. The van der Waals surface area contributed by atoms with E-state index >= 15 is 0 Å². The zero-order valence-corrected chi connectivity index (χ0v) is 10.5. The number of aromatic hydroxyl groups is 1. The Morgan fingerprint density at radius 2 is 2.16 bits per heavy atom. The molecule has 0 saturated carbocycles. The van der Waals surface area contributed by atoms with Crippen molar-refractivity contribution in [1.29, 1.82) is 0 Å². The van der Waals surface area contributed by atoms with Crippen molar-refractivity contribution in [2.45, 2.75) is 6.42 Å². The van der Waals surface area contributed by atoms with E-state index in [9.17, 15) is 14.3 Å². The fourth-order valence-corrected chi connectivity index (χ4v) is 1.76. The number of nitrogens with one attached hydrogen (secondary N) is 1. The fourth-order valence-electron chi connectivity index (χ4n) is 1.53. The van der Waals surface area contributed by atoms with Gasteiger partial charge >= 0.3 is 0 Å². The molecule has 98 valence electrons. The number of hydrogen-bond donors (Lipinski definition) is 2. The largest absolute Gasteiger partial charge is 0.504 e. The lowest BCUT2D eigenvalue weighted by Gasteiger charge is -2.07. The number of amides is 1. The molecular formula is C13H10ClFN2O2. The Bertz CT molecular complexity index is 599. The molecule has 19 heavy (non-hydrogen) atoms. The normalized spacial score (nSPS) is 10.2. The molecule has 0 saturated heterocycles. The van der Waals surface area contributed by atoms with Crippen molar-refractivity contribution in [3.05, 3.63) is 52.9 Å². The van der Waals surface area contributed by atoms with Gasteiger partial charge in [0.05, 0.1) is 6.42 Å². The molecule has 0 aliphatic heterocycles. The summed E-state index contributed by atoms with van der Waals surface area (Å²) in [6, 6.07) is 7.11.